The third kappa shape index (κ3) is 2.62. The second-order valence-electron chi connectivity index (χ2n) is 8.52. The molecule has 0 aliphatic carbocycles. The summed E-state index contributed by atoms with van der Waals surface area (Å²) in [6.07, 6.45) is 0. The zero-order valence-electron chi connectivity index (χ0n) is 18.0. The van der Waals surface area contributed by atoms with Gasteiger partial charge in [0.25, 0.3) is 11.5 Å². The summed E-state index contributed by atoms with van der Waals surface area (Å²) in [5.41, 5.74) is 1.74. The Balaban J connectivity index is 1.71. The van der Waals surface area contributed by atoms with Crippen LogP contribution in [0.3, 0.4) is 0 Å². The number of ether oxygens (including phenoxy) is 2. The van der Waals surface area contributed by atoms with Crippen LogP contribution in [0.2, 0.25) is 0 Å². The van der Waals surface area contributed by atoms with Crippen molar-refractivity contribution in [1.29, 1.82) is 0 Å². The molecule has 1 N–H and O–H groups in total. The van der Waals surface area contributed by atoms with E-state index in [0.717, 1.165) is 16.9 Å². The Bertz CT molecular complexity index is 1570. The second kappa shape index (κ2) is 6.64. The predicted octanol–water partition coefficient (Wildman–Crippen LogP) is 1.49. The van der Waals surface area contributed by atoms with Crippen LogP contribution in [-0.4, -0.2) is 29.3 Å². The molecule has 0 spiro atoms. The first-order chi connectivity index (χ1) is 15.8. The van der Waals surface area contributed by atoms with Gasteiger partial charge in [-0.15, -0.1) is 0 Å². The molecule has 4 heterocycles. The average Bonchev–Trinajstić information content (AvgIpc) is 3.26. The molecule has 3 aliphatic rings. The maximum Gasteiger partial charge on any atom is 0.317 e. The van der Waals surface area contributed by atoms with Gasteiger partial charge in [-0.25, -0.2) is 4.99 Å². The number of esters is 1. The van der Waals surface area contributed by atoms with E-state index in [4.69, 9.17) is 14.5 Å². The first-order valence-electron chi connectivity index (χ1n) is 10.5. The Morgan fingerprint density at radius 1 is 1.24 bits per heavy atom. The molecule has 9 heteroatoms. The first kappa shape index (κ1) is 19.9. The van der Waals surface area contributed by atoms with Crippen LogP contribution >= 0.6 is 11.3 Å². The van der Waals surface area contributed by atoms with E-state index in [1.54, 1.807) is 13.0 Å². The van der Waals surface area contributed by atoms with Gasteiger partial charge < -0.3 is 14.8 Å². The van der Waals surface area contributed by atoms with Crippen LogP contribution in [0.1, 0.15) is 29.7 Å². The number of carbonyl (C=O) groups excluding carboxylic acids is 2. The van der Waals surface area contributed by atoms with Gasteiger partial charge in [0.15, 0.2) is 4.80 Å². The van der Waals surface area contributed by atoms with E-state index in [0.29, 0.717) is 32.9 Å². The molecule has 3 aromatic rings. The molecule has 0 fully saturated rings. The summed E-state index contributed by atoms with van der Waals surface area (Å²) >= 11 is 1.14. The van der Waals surface area contributed by atoms with Gasteiger partial charge >= 0.3 is 5.97 Å². The highest BCUT2D eigenvalue weighted by Gasteiger charge is 2.55. The van der Waals surface area contributed by atoms with Gasteiger partial charge in [-0.3, -0.25) is 19.0 Å². The molecular weight excluding hydrogens is 442 g/mol. The van der Waals surface area contributed by atoms with Crippen molar-refractivity contribution in [2.75, 3.05) is 12.4 Å². The first-order valence-corrected chi connectivity index (χ1v) is 11.3. The van der Waals surface area contributed by atoms with Gasteiger partial charge in [-0.05, 0) is 32.0 Å². The Morgan fingerprint density at radius 3 is 2.82 bits per heavy atom. The predicted molar refractivity (Wildman–Crippen MR) is 121 cm³/mol. The molecular formula is C24H19N3O5S. The molecule has 1 amide bonds. The van der Waals surface area contributed by atoms with Crippen molar-refractivity contribution in [3.63, 3.8) is 0 Å². The normalized spacial score (nSPS) is 25.7. The highest BCUT2D eigenvalue weighted by molar-refractivity contribution is 7.07. The van der Waals surface area contributed by atoms with Crippen LogP contribution in [-0.2, 0) is 14.3 Å². The summed E-state index contributed by atoms with van der Waals surface area (Å²) in [6, 6.07) is 12.3. The zero-order valence-corrected chi connectivity index (χ0v) is 18.9. The number of methoxy groups -OCH3 is 1. The molecule has 166 valence electrons. The van der Waals surface area contributed by atoms with Crippen LogP contribution < -0.4 is 24.9 Å². The van der Waals surface area contributed by atoms with Gasteiger partial charge in [-0.1, -0.05) is 41.2 Å². The number of nitrogens with one attached hydrogen (secondary N) is 1. The molecule has 6 rings (SSSR count). The van der Waals surface area contributed by atoms with Crippen LogP contribution in [0.4, 0.5) is 5.69 Å². The Hall–Kier alpha value is -3.72. The van der Waals surface area contributed by atoms with Crippen molar-refractivity contribution < 1.29 is 19.1 Å². The summed E-state index contributed by atoms with van der Waals surface area (Å²) in [6.45, 7) is 3.65. The van der Waals surface area contributed by atoms with Crippen molar-refractivity contribution in [3.8, 4) is 5.75 Å². The molecule has 33 heavy (non-hydrogen) atoms. The highest BCUT2D eigenvalue weighted by atomic mass is 32.1. The number of carbonyl (C=O) groups is 2. The fourth-order valence-electron chi connectivity index (χ4n) is 4.99. The molecule has 1 aromatic heterocycles. The van der Waals surface area contributed by atoms with Crippen molar-refractivity contribution in [1.82, 2.24) is 4.57 Å². The molecule has 2 bridgehead atoms. The standard InChI is InChI=1S/C24H19N3O5S/c1-11-8-9-14-13(10-11)16(20(28)25-14)19-21(29)27-18-12-6-4-5-7-15(12)32-24(2,26-23(27)33-19)17(18)22(30)31-3/h4-10,17-18H,1-3H3,(H,25,28)/t17-,18?,24?/m0/s1. The molecule has 3 aliphatic heterocycles. The lowest BCUT2D eigenvalue weighted by Crippen LogP contribution is -2.58. The van der Waals surface area contributed by atoms with E-state index < -0.39 is 23.7 Å². The summed E-state index contributed by atoms with van der Waals surface area (Å²) in [5, 5.41) is 2.84. The fraction of sp³-hybridized carbons (Fsp3) is 0.250. The van der Waals surface area contributed by atoms with E-state index in [-0.39, 0.29) is 16.0 Å². The summed E-state index contributed by atoms with van der Waals surface area (Å²) in [5.74, 6) is -1.14. The zero-order chi connectivity index (χ0) is 23.1. The quantitative estimate of drug-likeness (QED) is 0.554. The maximum atomic E-state index is 13.8. The Labute approximate surface area is 191 Å². The number of aromatic nitrogens is 1. The number of fused-ring (bicyclic) bond motifs is 7. The van der Waals surface area contributed by atoms with E-state index in [2.05, 4.69) is 5.32 Å². The van der Waals surface area contributed by atoms with Crippen LogP contribution in [0.5, 0.6) is 5.75 Å². The number of rotatable bonds is 1. The SMILES string of the molecule is COC(=O)[C@@H]1C2c3ccccc3OC1(C)N=c1sc(=C3C(=O)Nc4ccc(C)cc43)c(=O)n12. The molecule has 8 nitrogen and oxygen atoms in total. The van der Waals surface area contributed by atoms with Gasteiger partial charge in [0.05, 0.1) is 18.7 Å². The molecule has 0 radical (unpaired) electrons. The van der Waals surface area contributed by atoms with Crippen LogP contribution in [0.25, 0.3) is 5.57 Å². The number of aryl methyl sites for hydroxylation is 1. The van der Waals surface area contributed by atoms with Crippen molar-refractivity contribution in [2.45, 2.75) is 25.6 Å². The monoisotopic (exact) mass is 461 g/mol. The number of nitrogens with zero attached hydrogens (tertiary/aromatic N) is 2. The lowest BCUT2D eigenvalue weighted by atomic mass is 9.81. The Kier molecular flexibility index (Phi) is 4.01. The smallest absolute Gasteiger partial charge is 0.317 e. The minimum Gasteiger partial charge on any atom is -0.469 e. The molecule has 2 aromatic carbocycles. The highest BCUT2D eigenvalue weighted by Crippen LogP contribution is 2.47. The van der Waals surface area contributed by atoms with E-state index in [1.807, 2.05) is 43.3 Å². The lowest BCUT2D eigenvalue weighted by Gasteiger charge is -2.44. The number of thiazole rings is 1. The van der Waals surface area contributed by atoms with Gasteiger partial charge in [0.2, 0.25) is 5.72 Å². The summed E-state index contributed by atoms with van der Waals surface area (Å²) in [4.78, 5) is 44.7. The topological polar surface area (TPSA) is 99.0 Å². The van der Waals surface area contributed by atoms with Crippen molar-refractivity contribution >= 4 is 34.5 Å². The number of amides is 1. The minimum atomic E-state index is -1.25. The second-order valence-corrected chi connectivity index (χ2v) is 9.50. The molecule has 0 saturated heterocycles. The number of hydrogen-bond donors (Lipinski definition) is 1. The Morgan fingerprint density at radius 2 is 2.03 bits per heavy atom. The third-order valence-corrected chi connectivity index (χ3v) is 7.51. The number of anilines is 1. The summed E-state index contributed by atoms with van der Waals surface area (Å²) in [7, 11) is 1.31. The van der Waals surface area contributed by atoms with Crippen LogP contribution in [0, 0.1) is 12.8 Å². The van der Waals surface area contributed by atoms with Gasteiger partial charge in [0.1, 0.15) is 16.2 Å². The molecule has 0 saturated carbocycles. The van der Waals surface area contributed by atoms with E-state index >= 15 is 0 Å². The average molecular weight is 461 g/mol. The van der Waals surface area contributed by atoms with Crippen LogP contribution in [0.15, 0.2) is 52.3 Å². The molecule has 2 unspecified atom stereocenters. The molecule has 3 atom stereocenters. The fourth-order valence-corrected chi connectivity index (χ4v) is 6.18. The summed E-state index contributed by atoms with van der Waals surface area (Å²) < 4.78 is 13.1. The minimum absolute atomic E-state index is 0.285. The van der Waals surface area contributed by atoms with E-state index in [9.17, 15) is 14.4 Å². The maximum absolute atomic E-state index is 13.8. The number of hydrogen-bond acceptors (Lipinski definition) is 7. The third-order valence-electron chi connectivity index (χ3n) is 6.46. The number of para-hydroxylation sites is 1. The van der Waals surface area contributed by atoms with E-state index in [1.165, 1.54) is 11.7 Å². The van der Waals surface area contributed by atoms with Gasteiger partial charge in [-0.2, -0.15) is 0 Å². The van der Waals surface area contributed by atoms with Gasteiger partial charge in [0, 0.05) is 16.8 Å². The largest absolute Gasteiger partial charge is 0.469 e. The van der Waals surface area contributed by atoms with Crippen molar-refractivity contribution in [3.05, 3.63) is 78.8 Å². The lowest BCUT2D eigenvalue weighted by molar-refractivity contribution is -0.158. The van der Waals surface area contributed by atoms with Crippen molar-refractivity contribution in [2.24, 2.45) is 10.9 Å². The number of benzene rings is 2.